The van der Waals surface area contributed by atoms with Crippen LogP contribution in [0.1, 0.15) is 15.9 Å². The van der Waals surface area contributed by atoms with E-state index in [0.717, 1.165) is 11.6 Å². The lowest BCUT2D eigenvalue weighted by Gasteiger charge is -2.08. The fraction of sp³-hybridized carbons (Fsp3) is 0.0667. The molecule has 0 unspecified atom stereocenters. The van der Waals surface area contributed by atoms with Crippen molar-refractivity contribution < 1.29 is 9.18 Å². The number of fused-ring (bicyclic) bond motifs is 1. The summed E-state index contributed by atoms with van der Waals surface area (Å²) < 4.78 is 13.6. The van der Waals surface area contributed by atoms with Crippen molar-refractivity contribution in [2.45, 2.75) is 6.92 Å². The van der Waals surface area contributed by atoms with Gasteiger partial charge in [-0.15, -0.1) is 0 Å². The van der Waals surface area contributed by atoms with E-state index in [-0.39, 0.29) is 11.3 Å². The number of primary amides is 1. The number of rotatable bonds is 2. The van der Waals surface area contributed by atoms with Gasteiger partial charge in [0, 0.05) is 11.6 Å². The summed E-state index contributed by atoms with van der Waals surface area (Å²) in [5, 5.41) is 0. The van der Waals surface area contributed by atoms with Crippen LogP contribution in [0.5, 0.6) is 0 Å². The third-order valence-electron chi connectivity index (χ3n) is 3.20. The highest BCUT2D eigenvalue weighted by molar-refractivity contribution is 5.95. The van der Waals surface area contributed by atoms with E-state index >= 15 is 0 Å². The Morgan fingerprint density at radius 1 is 1.19 bits per heavy atom. The average molecular weight is 282 g/mol. The number of hydrogen-bond acceptors (Lipinski definition) is 4. The lowest BCUT2D eigenvalue weighted by atomic mass is 10.1. The number of halogens is 1. The Labute approximate surface area is 119 Å². The van der Waals surface area contributed by atoms with Gasteiger partial charge in [-0.25, -0.2) is 9.97 Å². The molecule has 0 atom stereocenters. The van der Waals surface area contributed by atoms with Crippen LogP contribution < -0.4 is 5.73 Å². The van der Waals surface area contributed by atoms with Crippen LogP contribution in [-0.4, -0.2) is 20.9 Å². The smallest absolute Gasteiger partial charge is 0.249 e. The van der Waals surface area contributed by atoms with Crippen LogP contribution in [-0.2, 0) is 0 Å². The Kier molecular flexibility index (Phi) is 3.06. The van der Waals surface area contributed by atoms with E-state index in [0.29, 0.717) is 16.8 Å². The number of nitrogens with two attached hydrogens (primary N) is 1. The van der Waals surface area contributed by atoms with Crippen molar-refractivity contribution >= 4 is 16.9 Å². The number of aromatic nitrogens is 3. The van der Waals surface area contributed by atoms with Gasteiger partial charge in [0.15, 0.2) is 0 Å². The van der Waals surface area contributed by atoms with Gasteiger partial charge in [0.05, 0.1) is 22.9 Å². The molecule has 0 saturated carbocycles. The molecule has 1 amide bonds. The molecule has 0 aliphatic rings. The van der Waals surface area contributed by atoms with E-state index in [1.54, 1.807) is 13.0 Å². The molecule has 2 N–H and O–H groups in total. The first-order valence-electron chi connectivity index (χ1n) is 6.25. The largest absolute Gasteiger partial charge is 0.366 e. The quantitative estimate of drug-likeness (QED) is 0.731. The molecule has 21 heavy (non-hydrogen) atoms. The van der Waals surface area contributed by atoms with Gasteiger partial charge < -0.3 is 5.73 Å². The fourth-order valence-electron chi connectivity index (χ4n) is 2.15. The first-order valence-corrected chi connectivity index (χ1v) is 6.25. The first-order chi connectivity index (χ1) is 10.1. The van der Waals surface area contributed by atoms with Crippen LogP contribution >= 0.6 is 0 Å². The highest BCUT2D eigenvalue weighted by atomic mass is 19.1. The summed E-state index contributed by atoms with van der Waals surface area (Å²) in [4.78, 5) is 23.8. The van der Waals surface area contributed by atoms with Crippen molar-refractivity contribution in [3.8, 4) is 11.4 Å². The van der Waals surface area contributed by atoms with E-state index < -0.39 is 11.9 Å². The van der Waals surface area contributed by atoms with Gasteiger partial charge in [-0.1, -0.05) is 12.1 Å². The molecular weight excluding hydrogens is 271 g/mol. The van der Waals surface area contributed by atoms with Gasteiger partial charge >= 0.3 is 0 Å². The number of carbonyl (C=O) groups excluding carboxylic acids is 1. The van der Waals surface area contributed by atoms with Crippen molar-refractivity contribution in [3.63, 3.8) is 0 Å². The van der Waals surface area contributed by atoms with Gasteiger partial charge in [-0.05, 0) is 24.6 Å². The predicted octanol–water partition coefficient (Wildman–Crippen LogP) is 2.24. The Balaban J connectivity index is 2.24. The molecule has 0 bridgehead atoms. The molecule has 1 aromatic carbocycles. The second-order valence-electron chi connectivity index (χ2n) is 4.57. The Hall–Kier alpha value is -2.89. The maximum atomic E-state index is 13.6. The van der Waals surface area contributed by atoms with Crippen molar-refractivity contribution in [2.75, 3.05) is 0 Å². The van der Waals surface area contributed by atoms with Gasteiger partial charge in [-0.2, -0.15) is 4.39 Å². The molecule has 0 aliphatic carbocycles. The van der Waals surface area contributed by atoms with E-state index in [1.165, 1.54) is 6.20 Å². The van der Waals surface area contributed by atoms with Gasteiger partial charge in [-0.3, -0.25) is 9.78 Å². The van der Waals surface area contributed by atoms with E-state index in [9.17, 15) is 9.18 Å². The summed E-state index contributed by atoms with van der Waals surface area (Å²) in [6, 6.07) is 8.34. The molecular formula is C15H11FN4O. The van der Waals surface area contributed by atoms with Crippen LogP contribution in [0.15, 0.2) is 36.5 Å². The molecule has 104 valence electrons. The van der Waals surface area contributed by atoms with Gasteiger partial charge in [0.2, 0.25) is 11.9 Å². The molecule has 2 aromatic heterocycles. The zero-order valence-corrected chi connectivity index (χ0v) is 11.2. The lowest BCUT2D eigenvalue weighted by molar-refractivity contribution is 0.0999. The van der Waals surface area contributed by atoms with Crippen LogP contribution in [0.4, 0.5) is 4.39 Å². The van der Waals surface area contributed by atoms with Gasteiger partial charge in [0.25, 0.3) is 0 Å². The molecule has 5 nitrogen and oxygen atoms in total. The molecule has 0 fully saturated rings. The third-order valence-corrected chi connectivity index (χ3v) is 3.20. The Morgan fingerprint density at radius 2 is 1.90 bits per heavy atom. The fourth-order valence-corrected chi connectivity index (χ4v) is 2.15. The summed E-state index contributed by atoms with van der Waals surface area (Å²) in [6.07, 6.45) is 1.50. The topological polar surface area (TPSA) is 81.8 Å². The summed E-state index contributed by atoms with van der Waals surface area (Å²) in [7, 11) is 0. The number of para-hydroxylation sites is 2. The third kappa shape index (κ3) is 2.31. The molecule has 0 radical (unpaired) electrons. The van der Waals surface area contributed by atoms with E-state index in [4.69, 9.17) is 5.73 Å². The van der Waals surface area contributed by atoms with Crippen LogP contribution in [0, 0.1) is 12.9 Å². The minimum atomic E-state index is -0.778. The average Bonchev–Trinajstić information content (AvgIpc) is 2.48. The predicted molar refractivity (Wildman–Crippen MR) is 76.0 cm³/mol. The summed E-state index contributed by atoms with van der Waals surface area (Å²) in [5.41, 5.74) is 7.88. The zero-order chi connectivity index (χ0) is 15.0. The molecule has 6 heteroatoms. The number of nitrogens with zero attached hydrogens (tertiary/aromatic N) is 3. The number of hydrogen-bond donors (Lipinski definition) is 1. The first kappa shape index (κ1) is 13.1. The second kappa shape index (κ2) is 4.90. The number of benzene rings is 1. The molecule has 0 aliphatic heterocycles. The molecule has 2 heterocycles. The summed E-state index contributed by atoms with van der Waals surface area (Å²) in [6.45, 7) is 1.65. The maximum absolute atomic E-state index is 13.6. The SMILES string of the molecule is Cc1c(C(N)=O)cc(F)nc1-c1cnc2ccccc2n1. The Morgan fingerprint density at radius 3 is 2.62 bits per heavy atom. The van der Waals surface area contributed by atoms with E-state index in [2.05, 4.69) is 15.0 Å². The van der Waals surface area contributed by atoms with Crippen molar-refractivity contribution in [2.24, 2.45) is 5.73 Å². The zero-order valence-electron chi connectivity index (χ0n) is 11.2. The van der Waals surface area contributed by atoms with Crippen molar-refractivity contribution in [3.05, 3.63) is 53.6 Å². The molecule has 0 spiro atoms. The highest BCUT2D eigenvalue weighted by Gasteiger charge is 2.16. The standard InChI is InChI=1S/C15H11FN4O/c1-8-9(15(17)21)6-13(16)20-14(8)12-7-18-10-4-2-3-5-11(10)19-12/h2-7H,1H3,(H2,17,21). The monoisotopic (exact) mass is 282 g/mol. The molecule has 0 saturated heterocycles. The maximum Gasteiger partial charge on any atom is 0.249 e. The normalized spacial score (nSPS) is 10.8. The number of amides is 1. The summed E-state index contributed by atoms with van der Waals surface area (Å²) in [5.74, 6) is -1.48. The molecule has 3 aromatic rings. The second-order valence-corrected chi connectivity index (χ2v) is 4.57. The minimum absolute atomic E-state index is 0.0902. The summed E-state index contributed by atoms with van der Waals surface area (Å²) >= 11 is 0. The van der Waals surface area contributed by atoms with Gasteiger partial charge in [0.1, 0.15) is 5.69 Å². The van der Waals surface area contributed by atoms with Crippen LogP contribution in [0.3, 0.4) is 0 Å². The minimum Gasteiger partial charge on any atom is -0.366 e. The number of pyridine rings is 1. The van der Waals surface area contributed by atoms with Crippen molar-refractivity contribution in [1.29, 1.82) is 0 Å². The molecule has 3 rings (SSSR count). The van der Waals surface area contributed by atoms with Crippen molar-refractivity contribution in [1.82, 2.24) is 15.0 Å². The van der Waals surface area contributed by atoms with Crippen LogP contribution in [0.25, 0.3) is 22.4 Å². The van der Waals surface area contributed by atoms with Crippen LogP contribution in [0.2, 0.25) is 0 Å². The van der Waals surface area contributed by atoms with E-state index in [1.807, 2.05) is 18.2 Å². The number of carbonyl (C=O) groups is 1. The lowest BCUT2D eigenvalue weighted by Crippen LogP contribution is -2.14. The Bertz CT molecular complexity index is 863. The highest BCUT2D eigenvalue weighted by Crippen LogP contribution is 2.23.